The Morgan fingerprint density at radius 3 is 2.60 bits per heavy atom. The molecule has 6 heteroatoms. The van der Waals surface area contributed by atoms with E-state index in [0.29, 0.717) is 0 Å². The first kappa shape index (κ1) is 11.0. The number of hydrogen-bond donors (Lipinski definition) is 1. The number of hydrogen-bond acceptors (Lipinski definition) is 6. The second-order valence-electron chi connectivity index (χ2n) is 2.53. The zero-order valence-corrected chi connectivity index (χ0v) is 8.18. The van der Waals surface area contributed by atoms with Crippen molar-refractivity contribution >= 4 is 11.8 Å². The zero-order chi connectivity index (χ0) is 11.4. The van der Waals surface area contributed by atoms with Crippen LogP contribution in [0.25, 0.3) is 0 Å². The van der Waals surface area contributed by atoms with E-state index < -0.39 is 17.5 Å². The Hall–Kier alpha value is -2.11. The minimum atomic E-state index is -1.09. The number of Topliss-reactive ketones (excluding diaryl/α,β-unsaturated/α-hetero) is 1. The number of nitrogens with zero attached hydrogens (tertiary/aromatic N) is 1. The summed E-state index contributed by atoms with van der Waals surface area (Å²) in [5, 5.41) is 9.49. The number of ether oxygens (including phenoxy) is 2. The second kappa shape index (κ2) is 4.41. The third kappa shape index (κ3) is 2.04. The van der Waals surface area contributed by atoms with Gasteiger partial charge in [-0.25, -0.2) is 9.78 Å². The molecule has 0 fully saturated rings. The Bertz CT molecular complexity index is 401. The highest BCUT2D eigenvalue weighted by Crippen LogP contribution is 2.27. The molecule has 1 aromatic rings. The number of carbonyl (C=O) groups excluding carboxylic acids is 2. The average Bonchev–Trinajstić information content (AvgIpc) is 2.27. The fourth-order valence-electron chi connectivity index (χ4n) is 0.957. The zero-order valence-electron chi connectivity index (χ0n) is 8.18. The molecular formula is C9H9NO5. The molecule has 0 aliphatic carbocycles. The van der Waals surface area contributed by atoms with Crippen LogP contribution in [0.4, 0.5) is 0 Å². The summed E-state index contributed by atoms with van der Waals surface area (Å²) < 4.78 is 8.97. The Morgan fingerprint density at radius 2 is 2.07 bits per heavy atom. The Balaban J connectivity index is 3.15. The van der Waals surface area contributed by atoms with Crippen LogP contribution in [0.3, 0.4) is 0 Å². The minimum Gasteiger partial charge on any atom is -0.503 e. The molecule has 15 heavy (non-hydrogen) atoms. The third-order valence-corrected chi connectivity index (χ3v) is 1.69. The first-order valence-corrected chi connectivity index (χ1v) is 3.96. The molecule has 0 amide bonds. The maximum Gasteiger partial charge on any atom is 0.381 e. The predicted octanol–water partition coefficient (Wildman–Crippen LogP) is 0.151. The molecule has 0 saturated carbocycles. The summed E-state index contributed by atoms with van der Waals surface area (Å²) in [6.45, 7) is 0. The van der Waals surface area contributed by atoms with Gasteiger partial charge in [0, 0.05) is 12.3 Å². The Morgan fingerprint density at radius 1 is 1.40 bits per heavy atom. The van der Waals surface area contributed by atoms with E-state index in [1.165, 1.54) is 19.4 Å². The van der Waals surface area contributed by atoms with E-state index in [9.17, 15) is 14.7 Å². The highest BCUT2D eigenvalue weighted by Gasteiger charge is 2.23. The lowest BCUT2D eigenvalue weighted by atomic mass is 10.2. The van der Waals surface area contributed by atoms with Crippen molar-refractivity contribution in [2.75, 3.05) is 14.2 Å². The molecule has 0 unspecified atom stereocenters. The third-order valence-electron chi connectivity index (χ3n) is 1.69. The first-order chi connectivity index (χ1) is 7.11. The van der Waals surface area contributed by atoms with E-state index in [0.717, 1.165) is 7.11 Å². The van der Waals surface area contributed by atoms with Crippen LogP contribution in [0.1, 0.15) is 10.5 Å². The van der Waals surface area contributed by atoms with Gasteiger partial charge in [-0.05, 0) is 0 Å². The van der Waals surface area contributed by atoms with Crippen LogP contribution in [0.5, 0.6) is 11.5 Å². The molecule has 80 valence electrons. The monoisotopic (exact) mass is 211 g/mol. The van der Waals surface area contributed by atoms with Crippen LogP contribution in [0.2, 0.25) is 0 Å². The first-order valence-electron chi connectivity index (χ1n) is 3.96. The summed E-state index contributed by atoms with van der Waals surface area (Å²) in [5.41, 5.74) is -0.388. The number of esters is 1. The Kier molecular flexibility index (Phi) is 3.22. The molecule has 0 aliphatic rings. The summed E-state index contributed by atoms with van der Waals surface area (Å²) >= 11 is 0. The second-order valence-corrected chi connectivity index (χ2v) is 2.53. The van der Waals surface area contributed by atoms with E-state index in [1.807, 2.05) is 0 Å². The van der Waals surface area contributed by atoms with Crippen molar-refractivity contribution in [3.63, 3.8) is 0 Å². The van der Waals surface area contributed by atoms with Gasteiger partial charge >= 0.3 is 5.97 Å². The van der Waals surface area contributed by atoms with E-state index >= 15 is 0 Å². The molecule has 1 heterocycles. The lowest BCUT2D eigenvalue weighted by Gasteiger charge is -2.05. The van der Waals surface area contributed by atoms with E-state index in [4.69, 9.17) is 4.74 Å². The largest absolute Gasteiger partial charge is 0.503 e. The van der Waals surface area contributed by atoms with Crippen molar-refractivity contribution < 1.29 is 24.2 Å². The number of aromatic hydroxyl groups is 1. The van der Waals surface area contributed by atoms with Gasteiger partial charge < -0.3 is 14.6 Å². The molecule has 1 N–H and O–H groups in total. The van der Waals surface area contributed by atoms with E-state index in [1.54, 1.807) is 0 Å². The van der Waals surface area contributed by atoms with E-state index in [-0.39, 0.29) is 11.4 Å². The molecule has 0 spiro atoms. The lowest BCUT2D eigenvalue weighted by Crippen LogP contribution is -2.17. The number of aromatic nitrogens is 1. The van der Waals surface area contributed by atoms with Crippen molar-refractivity contribution in [2.24, 2.45) is 0 Å². The number of carbonyl (C=O) groups is 2. The van der Waals surface area contributed by atoms with Gasteiger partial charge in [-0.3, -0.25) is 4.79 Å². The fraction of sp³-hybridized carbons (Fsp3) is 0.222. The summed E-state index contributed by atoms with van der Waals surface area (Å²) in [7, 11) is 2.39. The van der Waals surface area contributed by atoms with Gasteiger partial charge in [-0.15, -0.1) is 0 Å². The maximum atomic E-state index is 11.3. The minimum absolute atomic E-state index is 0.0669. The van der Waals surface area contributed by atoms with Crippen molar-refractivity contribution in [2.45, 2.75) is 0 Å². The van der Waals surface area contributed by atoms with Crippen LogP contribution in [0, 0.1) is 0 Å². The van der Waals surface area contributed by atoms with Gasteiger partial charge in [0.2, 0.25) is 0 Å². The molecule has 0 aliphatic heterocycles. The van der Waals surface area contributed by atoms with Crippen LogP contribution in [-0.4, -0.2) is 36.1 Å². The van der Waals surface area contributed by atoms with Gasteiger partial charge in [0.15, 0.2) is 17.2 Å². The average molecular weight is 211 g/mol. The highest BCUT2D eigenvalue weighted by molar-refractivity contribution is 6.40. The molecule has 0 radical (unpaired) electrons. The quantitative estimate of drug-likeness (QED) is 0.435. The van der Waals surface area contributed by atoms with Crippen LogP contribution >= 0.6 is 0 Å². The molecule has 0 aromatic carbocycles. The molecule has 1 aromatic heterocycles. The van der Waals surface area contributed by atoms with Gasteiger partial charge in [0.25, 0.3) is 5.78 Å². The molecule has 6 nitrogen and oxygen atoms in total. The molecular weight excluding hydrogens is 202 g/mol. The van der Waals surface area contributed by atoms with Crippen molar-refractivity contribution in [1.29, 1.82) is 0 Å². The van der Waals surface area contributed by atoms with Crippen molar-refractivity contribution in [3.05, 3.63) is 18.0 Å². The normalized spacial score (nSPS) is 9.47. The van der Waals surface area contributed by atoms with Gasteiger partial charge in [-0.2, -0.15) is 0 Å². The van der Waals surface area contributed by atoms with Crippen molar-refractivity contribution in [3.8, 4) is 11.5 Å². The number of methoxy groups -OCH3 is 2. The predicted molar refractivity (Wildman–Crippen MR) is 48.8 cm³/mol. The fourth-order valence-corrected chi connectivity index (χ4v) is 0.957. The SMILES string of the molecule is COC(=O)C(=O)c1nccc(OC)c1O. The lowest BCUT2D eigenvalue weighted by molar-refractivity contribution is -0.135. The number of ketones is 1. The molecule has 0 atom stereocenters. The van der Waals surface area contributed by atoms with Crippen LogP contribution in [-0.2, 0) is 9.53 Å². The highest BCUT2D eigenvalue weighted by atomic mass is 16.5. The van der Waals surface area contributed by atoms with Crippen LogP contribution in [0.15, 0.2) is 12.3 Å². The standard InChI is InChI=1S/C9H9NO5/c1-14-5-3-4-10-6(7(5)11)8(12)9(13)15-2/h3-4,11H,1-2H3. The summed E-state index contributed by atoms with van der Waals surface area (Å²) in [6, 6.07) is 1.36. The topological polar surface area (TPSA) is 85.7 Å². The van der Waals surface area contributed by atoms with Crippen molar-refractivity contribution in [1.82, 2.24) is 4.98 Å². The number of pyridine rings is 1. The number of rotatable bonds is 3. The van der Waals surface area contributed by atoms with Crippen LogP contribution < -0.4 is 4.74 Å². The van der Waals surface area contributed by atoms with E-state index in [2.05, 4.69) is 9.72 Å². The molecule has 0 saturated heterocycles. The van der Waals surface area contributed by atoms with Gasteiger partial charge in [0.05, 0.1) is 14.2 Å². The maximum absolute atomic E-state index is 11.3. The Labute approximate surface area is 85.5 Å². The molecule has 0 bridgehead atoms. The smallest absolute Gasteiger partial charge is 0.381 e. The summed E-state index contributed by atoms with van der Waals surface area (Å²) in [5.74, 6) is -2.52. The molecule has 1 rings (SSSR count). The summed E-state index contributed by atoms with van der Waals surface area (Å²) in [6.07, 6.45) is 1.24. The van der Waals surface area contributed by atoms with Gasteiger partial charge in [-0.1, -0.05) is 0 Å². The van der Waals surface area contributed by atoms with Gasteiger partial charge in [0.1, 0.15) is 0 Å². The summed E-state index contributed by atoms with van der Waals surface area (Å²) in [4.78, 5) is 25.8.